The highest BCUT2D eigenvalue weighted by Gasteiger charge is 2.32. The van der Waals surface area contributed by atoms with Gasteiger partial charge < -0.3 is 14.6 Å². The Kier molecular flexibility index (Phi) is 11.9. The summed E-state index contributed by atoms with van der Waals surface area (Å²) in [4.78, 5) is 11.4. The van der Waals surface area contributed by atoms with E-state index in [9.17, 15) is 9.90 Å². The first-order valence-electron chi connectivity index (χ1n) is 15.7. The van der Waals surface area contributed by atoms with Crippen LogP contribution in [0.25, 0.3) is 6.08 Å². The minimum Gasteiger partial charge on any atom is -0.489 e. The molecule has 2 aromatic rings. The van der Waals surface area contributed by atoms with Crippen molar-refractivity contribution in [2.75, 3.05) is 6.61 Å². The molecule has 1 heterocycles. The topological polar surface area (TPSA) is 55.8 Å². The number of hydrogen-bond acceptors (Lipinski definition) is 4. The molecule has 1 aliphatic heterocycles. The molecule has 2 atom stereocenters. The van der Waals surface area contributed by atoms with Crippen LogP contribution in [-0.2, 0) is 14.9 Å². The number of carbonyl (C=O) groups excluding carboxylic acids is 1. The normalized spacial score (nSPS) is 17.3. The molecule has 4 heteroatoms. The third kappa shape index (κ3) is 8.00. The fourth-order valence-corrected chi connectivity index (χ4v) is 6.04. The average molecular weight is 549 g/mol. The van der Waals surface area contributed by atoms with Crippen molar-refractivity contribution in [3.8, 4) is 5.75 Å². The number of benzene rings is 2. The lowest BCUT2D eigenvalue weighted by Crippen LogP contribution is -2.26. The molecule has 220 valence electrons. The number of ether oxygens (including phenoxy) is 2. The first-order valence-corrected chi connectivity index (χ1v) is 15.7. The summed E-state index contributed by atoms with van der Waals surface area (Å²) in [6, 6.07) is 13.3. The lowest BCUT2D eigenvalue weighted by Gasteiger charge is -2.34. The van der Waals surface area contributed by atoms with E-state index in [2.05, 4.69) is 84.0 Å². The third-order valence-corrected chi connectivity index (χ3v) is 9.05. The van der Waals surface area contributed by atoms with Gasteiger partial charge in [0.2, 0.25) is 0 Å². The lowest BCUT2D eigenvalue weighted by atomic mass is 9.70. The number of carbonyl (C=O) groups is 1. The van der Waals surface area contributed by atoms with Gasteiger partial charge in [-0.15, -0.1) is 0 Å². The Morgan fingerprint density at radius 3 is 2.17 bits per heavy atom. The molecular formula is C36H52O4. The molecule has 0 saturated carbocycles. The zero-order valence-electron chi connectivity index (χ0n) is 25.9. The van der Waals surface area contributed by atoms with E-state index >= 15 is 0 Å². The van der Waals surface area contributed by atoms with Crippen LogP contribution in [0.15, 0.2) is 42.5 Å². The van der Waals surface area contributed by atoms with Crippen molar-refractivity contribution >= 4 is 12.0 Å². The fourth-order valence-electron chi connectivity index (χ4n) is 6.04. The summed E-state index contributed by atoms with van der Waals surface area (Å²) in [6.45, 7) is 13.5. The second-order valence-corrected chi connectivity index (χ2v) is 11.8. The van der Waals surface area contributed by atoms with Crippen molar-refractivity contribution in [3.63, 3.8) is 0 Å². The summed E-state index contributed by atoms with van der Waals surface area (Å²) in [7, 11) is 0. The van der Waals surface area contributed by atoms with Crippen molar-refractivity contribution in [2.24, 2.45) is 0 Å². The number of aliphatic hydroxyl groups is 1. The summed E-state index contributed by atoms with van der Waals surface area (Å²) in [6.07, 6.45) is 14.8. The molecule has 2 aromatic carbocycles. The maximum absolute atomic E-state index is 11.4. The SMILES string of the molecule is CCCCCCCC(O)(/C=C/c1ccc(C(CC)(CC)c2ccc(OC[C@@H]3CCC(=O)O3)c(C)c2)cc1C)CC. The Morgan fingerprint density at radius 2 is 1.60 bits per heavy atom. The fraction of sp³-hybridized carbons (Fsp3) is 0.583. The summed E-state index contributed by atoms with van der Waals surface area (Å²) >= 11 is 0. The Morgan fingerprint density at radius 1 is 0.925 bits per heavy atom. The maximum atomic E-state index is 11.4. The summed E-state index contributed by atoms with van der Waals surface area (Å²) in [5.41, 5.74) is 5.26. The molecule has 0 amide bonds. The van der Waals surface area contributed by atoms with Gasteiger partial charge in [-0.1, -0.05) is 102 Å². The van der Waals surface area contributed by atoms with Crippen LogP contribution in [0.3, 0.4) is 0 Å². The number of rotatable bonds is 16. The van der Waals surface area contributed by atoms with Crippen LogP contribution in [-0.4, -0.2) is 29.4 Å². The summed E-state index contributed by atoms with van der Waals surface area (Å²) < 4.78 is 11.3. The monoisotopic (exact) mass is 548 g/mol. The highest BCUT2D eigenvalue weighted by molar-refractivity contribution is 5.71. The van der Waals surface area contributed by atoms with Gasteiger partial charge in [-0.2, -0.15) is 0 Å². The molecule has 1 fully saturated rings. The summed E-state index contributed by atoms with van der Waals surface area (Å²) in [5.74, 6) is 0.713. The number of esters is 1. The summed E-state index contributed by atoms with van der Waals surface area (Å²) in [5, 5.41) is 11.2. The number of aryl methyl sites for hydroxylation is 2. The zero-order valence-corrected chi connectivity index (χ0v) is 25.9. The Bertz CT molecular complexity index is 1130. The zero-order chi connectivity index (χ0) is 29.2. The molecule has 4 nitrogen and oxygen atoms in total. The van der Waals surface area contributed by atoms with Crippen LogP contribution in [0.1, 0.15) is 126 Å². The van der Waals surface area contributed by atoms with E-state index in [0.717, 1.165) is 55.4 Å². The third-order valence-electron chi connectivity index (χ3n) is 9.05. The number of cyclic esters (lactones) is 1. The van der Waals surface area contributed by atoms with Crippen LogP contribution in [0.4, 0.5) is 0 Å². The molecule has 0 bridgehead atoms. The minimum absolute atomic E-state index is 0.0973. The van der Waals surface area contributed by atoms with Crippen LogP contribution in [0.5, 0.6) is 5.75 Å². The van der Waals surface area contributed by atoms with E-state index in [1.54, 1.807) is 0 Å². The highest BCUT2D eigenvalue weighted by Crippen LogP contribution is 2.41. The highest BCUT2D eigenvalue weighted by atomic mass is 16.6. The smallest absolute Gasteiger partial charge is 0.306 e. The Hall–Kier alpha value is -2.59. The molecule has 1 unspecified atom stereocenters. The Labute approximate surface area is 243 Å². The molecule has 0 aliphatic carbocycles. The second-order valence-electron chi connectivity index (χ2n) is 11.8. The van der Waals surface area contributed by atoms with Crippen molar-refractivity contribution in [1.82, 2.24) is 0 Å². The molecule has 0 spiro atoms. The largest absolute Gasteiger partial charge is 0.489 e. The van der Waals surface area contributed by atoms with Gasteiger partial charge in [0.1, 0.15) is 18.5 Å². The van der Waals surface area contributed by atoms with Crippen LogP contribution in [0, 0.1) is 13.8 Å². The van der Waals surface area contributed by atoms with Crippen molar-refractivity contribution in [3.05, 3.63) is 70.3 Å². The van der Waals surface area contributed by atoms with Gasteiger partial charge in [-0.25, -0.2) is 0 Å². The van der Waals surface area contributed by atoms with Gasteiger partial charge in [0.15, 0.2) is 0 Å². The lowest BCUT2D eigenvalue weighted by molar-refractivity contribution is -0.142. The van der Waals surface area contributed by atoms with Gasteiger partial charge in [0.05, 0.1) is 5.60 Å². The van der Waals surface area contributed by atoms with Crippen LogP contribution >= 0.6 is 0 Å². The molecule has 3 rings (SSSR count). The van der Waals surface area contributed by atoms with E-state index in [-0.39, 0.29) is 17.5 Å². The quantitative estimate of drug-likeness (QED) is 0.168. The molecule has 40 heavy (non-hydrogen) atoms. The standard InChI is InChI=1S/C36H52O4/c1-7-11-12-13-14-22-35(38,8-2)23-21-29-15-16-30(24-27(29)5)36(9-3,10-4)31-17-19-33(28(6)25-31)39-26-32-18-20-34(37)40-32/h15-17,19,21,23-25,32,38H,7-14,18,20,22,26H2,1-6H3/b23-21+/t32-,35?/m0/s1. The first-order chi connectivity index (χ1) is 19.2. The van der Waals surface area contributed by atoms with Gasteiger partial charge in [-0.05, 0) is 79.8 Å². The average Bonchev–Trinajstić information content (AvgIpc) is 3.38. The molecule has 0 aromatic heterocycles. The first kappa shape index (κ1) is 31.9. The van der Waals surface area contributed by atoms with Crippen LogP contribution in [0.2, 0.25) is 0 Å². The predicted molar refractivity (Wildman–Crippen MR) is 166 cm³/mol. The molecule has 0 radical (unpaired) electrons. The second kappa shape index (κ2) is 14.9. The van der Waals surface area contributed by atoms with Crippen molar-refractivity contribution in [2.45, 2.75) is 129 Å². The van der Waals surface area contributed by atoms with Gasteiger partial charge in [0, 0.05) is 11.8 Å². The van der Waals surface area contributed by atoms with Gasteiger partial charge in [0.25, 0.3) is 0 Å². The molecule has 1 saturated heterocycles. The van der Waals surface area contributed by atoms with Crippen molar-refractivity contribution < 1.29 is 19.4 Å². The van der Waals surface area contributed by atoms with E-state index < -0.39 is 5.60 Å². The van der Waals surface area contributed by atoms with E-state index in [1.807, 2.05) is 6.08 Å². The number of hydrogen-bond donors (Lipinski definition) is 1. The van der Waals surface area contributed by atoms with Gasteiger partial charge >= 0.3 is 5.97 Å². The van der Waals surface area contributed by atoms with Crippen molar-refractivity contribution in [1.29, 1.82) is 0 Å². The minimum atomic E-state index is -0.741. The molecule has 1 aliphatic rings. The maximum Gasteiger partial charge on any atom is 0.306 e. The number of unbranched alkanes of at least 4 members (excludes halogenated alkanes) is 4. The van der Waals surface area contributed by atoms with Crippen LogP contribution < -0.4 is 4.74 Å². The van der Waals surface area contributed by atoms with E-state index in [4.69, 9.17) is 9.47 Å². The molecule has 1 N–H and O–H groups in total. The predicted octanol–water partition coefficient (Wildman–Crippen LogP) is 9.01. The van der Waals surface area contributed by atoms with E-state index in [0.29, 0.717) is 13.0 Å². The van der Waals surface area contributed by atoms with Gasteiger partial charge in [-0.3, -0.25) is 4.79 Å². The van der Waals surface area contributed by atoms with E-state index in [1.165, 1.54) is 42.4 Å². The Balaban J connectivity index is 1.76. The molecular weight excluding hydrogens is 496 g/mol.